The van der Waals surface area contributed by atoms with Gasteiger partial charge in [-0.05, 0) is 6.92 Å². The molecule has 1 aromatic rings. The largest absolute Gasteiger partial charge is 0.282 e. The molecule has 1 aliphatic heterocycles. The summed E-state index contributed by atoms with van der Waals surface area (Å²) in [6.07, 6.45) is 6.73. The van der Waals surface area contributed by atoms with Gasteiger partial charge in [-0.15, -0.1) is 0 Å². The molecular formula is C8H8N4. The summed E-state index contributed by atoms with van der Waals surface area (Å²) in [5, 5.41) is 0. The first kappa shape index (κ1) is 7.09. The molecule has 1 unspecified atom stereocenters. The molecule has 60 valence electrons. The molecule has 1 aromatic heterocycles. The van der Waals surface area contributed by atoms with Gasteiger partial charge in [0, 0.05) is 18.6 Å². The lowest BCUT2D eigenvalue weighted by molar-refractivity contribution is 1.01. The Morgan fingerprint density at radius 1 is 1.25 bits per heavy atom. The van der Waals surface area contributed by atoms with Crippen LogP contribution in [0.1, 0.15) is 12.6 Å². The lowest BCUT2D eigenvalue weighted by atomic mass is 10.4. The molecule has 0 N–H and O–H groups in total. The lowest BCUT2D eigenvalue weighted by Crippen LogP contribution is -1.96. The minimum absolute atomic E-state index is 0.112. The Morgan fingerprint density at radius 2 is 2.08 bits per heavy atom. The monoisotopic (exact) mass is 160 g/mol. The zero-order valence-electron chi connectivity index (χ0n) is 6.68. The molecule has 0 spiro atoms. The van der Waals surface area contributed by atoms with E-state index >= 15 is 0 Å². The zero-order chi connectivity index (χ0) is 8.39. The fourth-order valence-corrected chi connectivity index (χ4v) is 0.937. The highest BCUT2D eigenvalue weighted by atomic mass is 15.0. The molecule has 2 rings (SSSR count). The maximum absolute atomic E-state index is 4.19. The van der Waals surface area contributed by atoms with Gasteiger partial charge in [0.1, 0.15) is 5.69 Å². The van der Waals surface area contributed by atoms with Crippen LogP contribution in [0.15, 0.2) is 22.4 Å². The van der Waals surface area contributed by atoms with Crippen LogP contribution in [0.5, 0.6) is 0 Å². The first-order valence-corrected chi connectivity index (χ1v) is 3.74. The number of nitrogens with zero attached hydrogens (tertiary/aromatic N) is 4. The Balaban J connectivity index is 2.52. The van der Waals surface area contributed by atoms with E-state index in [-0.39, 0.29) is 6.04 Å². The summed E-state index contributed by atoms with van der Waals surface area (Å²) in [6.45, 7) is 1.96. The van der Waals surface area contributed by atoms with Gasteiger partial charge >= 0.3 is 0 Å². The second kappa shape index (κ2) is 2.81. The van der Waals surface area contributed by atoms with Crippen molar-refractivity contribution >= 4 is 18.2 Å². The summed E-state index contributed by atoms with van der Waals surface area (Å²) in [7, 11) is 0. The average Bonchev–Trinajstić information content (AvgIpc) is 2.29. The number of aromatic nitrogens is 2. The molecular weight excluding hydrogens is 152 g/mol. The van der Waals surface area contributed by atoms with Crippen molar-refractivity contribution in [3.8, 4) is 0 Å². The maximum atomic E-state index is 4.19. The highest BCUT2D eigenvalue weighted by Crippen LogP contribution is 2.12. The molecule has 0 saturated heterocycles. The summed E-state index contributed by atoms with van der Waals surface area (Å²) in [6, 6.07) is 0.112. The topological polar surface area (TPSA) is 50.5 Å². The SMILES string of the molecule is CC1C=Nc2nccnc2C=N1. The summed E-state index contributed by atoms with van der Waals surface area (Å²) >= 11 is 0. The van der Waals surface area contributed by atoms with Crippen LogP contribution in [0.3, 0.4) is 0 Å². The van der Waals surface area contributed by atoms with Crippen LogP contribution in [0.2, 0.25) is 0 Å². The van der Waals surface area contributed by atoms with Gasteiger partial charge in [-0.2, -0.15) is 0 Å². The standard InChI is InChI=1S/C8H8N4/c1-6-4-12-8-7(5-11-6)9-2-3-10-8/h2-6H,1H3. The minimum atomic E-state index is 0.112. The van der Waals surface area contributed by atoms with Crippen molar-refractivity contribution < 1.29 is 0 Å². The normalized spacial score (nSPS) is 20.2. The molecule has 0 bridgehead atoms. The van der Waals surface area contributed by atoms with E-state index in [9.17, 15) is 0 Å². The van der Waals surface area contributed by atoms with Crippen LogP contribution in [0.4, 0.5) is 5.82 Å². The van der Waals surface area contributed by atoms with E-state index in [0.29, 0.717) is 5.82 Å². The predicted molar refractivity (Wildman–Crippen MR) is 47.2 cm³/mol. The average molecular weight is 160 g/mol. The van der Waals surface area contributed by atoms with Gasteiger partial charge in [-0.3, -0.25) is 4.99 Å². The van der Waals surface area contributed by atoms with E-state index in [4.69, 9.17) is 0 Å². The maximum Gasteiger partial charge on any atom is 0.179 e. The third kappa shape index (κ3) is 1.23. The zero-order valence-corrected chi connectivity index (χ0v) is 6.68. The van der Waals surface area contributed by atoms with Crippen LogP contribution in [-0.2, 0) is 0 Å². The van der Waals surface area contributed by atoms with Gasteiger partial charge in [-0.25, -0.2) is 15.0 Å². The summed E-state index contributed by atoms with van der Waals surface area (Å²) in [5.74, 6) is 0.644. The van der Waals surface area contributed by atoms with Crippen molar-refractivity contribution in [1.82, 2.24) is 9.97 Å². The number of fused-ring (bicyclic) bond motifs is 1. The van der Waals surface area contributed by atoms with Crippen LogP contribution in [0.25, 0.3) is 0 Å². The first-order valence-electron chi connectivity index (χ1n) is 3.74. The first-order chi connectivity index (χ1) is 5.86. The second-order valence-electron chi connectivity index (χ2n) is 2.56. The Hall–Kier alpha value is -1.58. The highest BCUT2D eigenvalue weighted by molar-refractivity contribution is 5.87. The Morgan fingerprint density at radius 3 is 3.00 bits per heavy atom. The van der Waals surface area contributed by atoms with Crippen LogP contribution in [0, 0.1) is 0 Å². The van der Waals surface area contributed by atoms with Crippen molar-refractivity contribution in [3.05, 3.63) is 18.1 Å². The molecule has 0 aliphatic carbocycles. The number of aliphatic imine (C=N–C) groups is 2. The molecule has 0 radical (unpaired) electrons. The molecule has 4 nitrogen and oxygen atoms in total. The lowest BCUT2D eigenvalue weighted by Gasteiger charge is -1.92. The van der Waals surface area contributed by atoms with Gasteiger partial charge in [0.25, 0.3) is 0 Å². The van der Waals surface area contributed by atoms with Gasteiger partial charge < -0.3 is 0 Å². The van der Waals surface area contributed by atoms with Crippen LogP contribution >= 0.6 is 0 Å². The Bertz CT molecular complexity index is 310. The van der Waals surface area contributed by atoms with Crippen molar-refractivity contribution in [1.29, 1.82) is 0 Å². The fourth-order valence-electron chi connectivity index (χ4n) is 0.937. The molecule has 0 amide bonds. The van der Waals surface area contributed by atoms with E-state index < -0.39 is 0 Å². The molecule has 12 heavy (non-hydrogen) atoms. The van der Waals surface area contributed by atoms with E-state index in [2.05, 4.69) is 20.0 Å². The Labute approximate surface area is 70.1 Å². The van der Waals surface area contributed by atoms with Crippen molar-refractivity contribution in [2.45, 2.75) is 13.0 Å². The van der Waals surface area contributed by atoms with Gasteiger partial charge in [0.15, 0.2) is 5.82 Å². The fraction of sp³-hybridized carbons (Fsp3) is 0.250. The van der Waals surface area contributed by atoms with Crippen LogP contribution in [-0.4, -0.2) is 28.4 Å². The third-order valence-corrected chi connectivity index (χ3v) is 1.55. The molecule has 0 aromatic carbocycles. The number of hydrogen-bond donors (Lipinski definition) is 0. The molecule has 0 saturated carbocycles. The molecule has 0 fully saturated rings. The molecule has 2 heterocycles. The van der Waals surface area contributed by atoms with E-state index in [1.807, 2.05) is 6.92 Å². The van der Waals surface area contributed by atoms with Crippen molar-refractivity contribution in [3.63, 3.8) is 0 Å². The van der Waals surface area contributed by atoms with Crippen LogP contribution < -0.4 is 0 Å². The highest BCUT2D eigenvalue weighted by Gasteiger charge is 2.04. The van der Waals surface area contributed by atoms with E-state index in [0.717, 1.165) is 5.69 Å². The van der Waals surface area contributed by atoms with Gasteiger partial charge in [0.2, 0.25) is 0 Å². The number of hydrogen-bond acceptors (Lipinski definition) is 4. The molecule has 1 aliphatic rings. The predicted octanol–water partition coefficient (Wildman–Crippen LogP) is 1.000. The van der Waals surface area contributed by atoms with Crippen molar-refractivity contribution in [2.24, 2.45) is 9.98 Å². The smallest absolute Gasteiger partial charge is 0.179 e. The third-order valence-electron chi connectivity index (χ3n) is 1.55. The quantitative estimate of drug-likeness (QED) is 0.568. The second-order valence-corrected chi connectivity index (χ2v) is 2.56. The summed E-state index contributed by atoms with van der Waals surface area (Å²) < 4.78 is 0. The molecule has 4 heteroatoms. The Kier molecular flexibility index (Phi) is 1.66. The number of rotatable bonds is 0. The van der Waals surface area contributed by atoms with E-state index in [1.165, 1.54) is 0 Å². The minimum Gasteiger partial charge on any atom is -0.282 e. The summed E-state index contributed by atoms with van der Waals surface area (Å²) in [4.78, 5) is 16.5. The summed E-state index contributed by atoms with van der Waals surface area (Å²) in [5.41, 5.74) is 0.734. The van der Waals surface area contributed by atoms with Gasteiger partial charge in [0.05, 0.1) is 12.3 Å². The molecule has 1 atom stereocenters. The van der Waals surface area contributed by atoms with Gasteiger partial charge in [-0.1, -0.05) is 0 Å². The van der Waals surface area contributed by atoms with E-state index in [1.54, 1.807) is 24.8 Å². The van der Waals surface area contributed by atoms with Crippen molar-refractivity contribution in [2.75, 3.05) is 0 Å².